The van der Waals surface area contributed by atoms with Crippen molar-refractivity contribution in [3.63, 3.8) is 0 Å². The van der Waals surface area contributed by atoms with E-state index < -0.39 is 0 Å². The van der Waals surface area contributed by atoms with Gasteiger partial charge in [-0.2, -0.15) is 0 Å². The van der Waals surface area contributed by atoms with E-state index in [1.165, 1.54) is 0 Å². The first-order valence-electron chi connectivity index (χ1n) is 5.74. The summed E-state index contributed by atoms with van der Waals surface area (Å²) in [5.74, 6) is 0.259. The fourth-order valence-corrected chi connectivity index (χ4v) is 2.05. The van der Waals surface area contributed by atoms with E-state index in [2.05, 4.69) is 10.3 Å². The van der Waals surface area contributed by atoms with Gasteiger partial charge in [0.2, 0.25) is 0 Å². The first kappa shape index (κ1) is 12.7. The summed E-state index contributed by atoms with van der Waals surface area (Å²) in [6.07, 6.45) is 1.68. The Morgan fingerprint density at radius 3 is 2.78 bits per heavy atom. The van der Waals surface area contributed by atoms with Gasteiger partial charge in [0.05, 0.1) is 5.69 Å². The summed E-state index contributed by atoms with van der Waals surface area (Å²) in [5.41, 5.74) is 2.87. The number of phenols is 1. The van der Waals surface area contributed by atoms with E-state index in [-0.39, 0.29) is 11.8 Å². The summed E-state index contributed by atoms with van der Waals surface area (Å²) in [5, 5.41) is 13.2. The Bertz CT molecular complexity index is 537. The number of phenolic OH excluding ortho intramolecular Hbond substituents is 1. The van der Waals surface area contributed by atoms with E-state index in [1.807, 2.05) is 32.0 Å². The highest BCUT2D eigenvalue weighted by Crippen LogP contribution is 2.28. The van der Waals surface area contributed by atoms with Crippen molar-refractivity contribution in [3.05, 3.63) is 52.8 Å². The van der Waals surface area contributed by atoms with Crippen molar-refractivity contribution in [2.24, 2.45) is 0 Å². The van der Waals surface area contributed by atoms with Gasteiger partial charge in [-0.25, -0.2) is 4.98 Å². The molecule has 1 aromatic heterocycles. The summed E-state index contributed by atoms with van der Waals surface area (Å²) in [6, 6.07) is 9.11. The molecular formula is C14H15ClN2O. The van der Waals surface area contributed by atoms with Crippen LogP contribution in [0.2, 0.25) is 5.15 Å². The zero-order valence-electron chi connectivity index (χ0n) is 10.3. The van der Waals surface area contributed by atoms with Crippen LogP contribution in [0.1, 0.15) is 24.1 Å². The highest BCUT2D eigenvalue weighted by molar-refractivity contribution is 6.32. The molecular weight excluding hydrogens is 248 g/mol. The van der Waals surface area contributed by atoms with Gasteiger partial charge in [-0.05, 0) is 43.2 Å². The SMILES string of the molecule is Cc1ccnc(Cl)c1NC(C)c1cccc(O)c1. The second kappa shape index (κ2) is 5.27. The zero-order valence-corrected chi connectivity index (χ0v) is 11.1. The van der Waals surface area contributed by atoms with Crippen LogP contribution in [0.15, 0.2) is 36.5 Å². The Morgan fingerprint density at radius 1 is 1.33 bits per heavy atom. The number of hydrogen-bond donors (Lipinski definition) is 2. The van der Waals surface area contributed by atoms with Crippen LogP contribution in [-0.2, 0) is 0 Å². The number of aromatic nitrogens is 1. The van der Waals surface area contributed by atoms with Crippen molar-refractivity contribution in [1.29, 1.82) is 0 Å². The quantitative estimate of drug-likeness (QED) is 0.824. The minimum atomic E-state index is 0.0394. The molecule has 4 heteroatoms. The van der Waals surface area contributed by atoms with E-state index in [1.54, 1.807) is 18.3 Å². The van der Waals surface area contributed by atoms with Gasteiger partial charge in [-0.3, -0.25) is 0 Å². The van der Waals surface area contributed by atoms with Gasteiger partial charge < -0.3 is 10.4 Å². The smallest absolute Gasteiger partial charge is 0.152 e. The molecule has 0 aliphatic carbocycles. The topological polar surface area (TPSA) is 45.2 Å². The molecule has 0 bridgehead atoms. The molecule has 1 unspecified atom stereocenters. The lowest BCUT2D eigenvalue weighted by Gasteiger charge is -2.18. The van der Waals surface area contributed by atoms with E-state index in [0.717, 1.165) is 16.8 Å². The largest absolute Gasteiger partial charge is 0.508 e. The minimum Gasteiger partial charge on any atom is -0.508 e. The molecule has 94 valence electrons. The Balaban J connectivity index is 2.24. The van der Waals surface area contributed by atoms with E-state index in [0.29, 0.717) is 5.15 Å². The lowest BCUT2D eigenvalue weighted by Crippen LogP contribution is -2.08. The third-order valence-corrected chi connectivity index (χ3v) is 3.13. The van der Waals surface area contributed by atoms with Crippen LogP contribution in [-0.4, -0.2) is 10.1 Å². The normalized spacial score (nSPS) is 12.2. The number of aromatic hydroxyl groups is 1. The number of nitrogens with zero attached hydrogens (tertiary/aromatic N) is 1. The molecule has 1 heterocycles. The Morgan fingerprint density at radius 2 is 2.11 bits per heavy atom. The van der Waals surface area contributed by atoms with Gasteiger partial charge in [0.15, 0.2) is 5.15 Å². The van der Waals surface area contributed by atoms with Gasteiger partial charge in [-0.15, -0.1) is 0 Å². The molecule has 0 amide bonds. The van der Waals surface area contributed by atoms with Gasteiger partial charge in [0.1, 0.15) is 5.75 Å². The average Bonchev–Trinajstić information content (AvgIpc) is 2.34. The zero-order chi connectivity index (χ0) is 13.1. The van der Waals surface area contributed by atoms with Crippen molar-refractivity contribution in [2.45, 2.75) is 19.9 Å². The number of benzene rings is 1. The number of pyridine rings is 1. The second-order valence-electron chi connectivity index (χ2n) is 4.25. The molecule has 0 aliphatic rings. The Kier molecular flexibility index (Phi) is 3.72. The summed E-state index contributed by atoms with van der Waals surface area (Å²) in [7, 11) is 0. The molecule has 2 rings (SSSR count). The van der Waals surface area contributed by atoms with Crippen LogP contribution in [0.3, 0.4) is 0 Å². The molecule has 0 spiro atoms. The number of halogens is 1. The predicted octanol–water partition coefficient (Wildman–Crippen LogP) is 3.92. The van der Waals surface area contributed by atoms with E-state index >= 15 is 0 Å². The molecule has 2 aromatic rings. The average molecular weight is 263 g/mol. The second-order valence-corrected chi connectivity index (χ2v) is 4.61. The first-order valence-corrected chi connectivity index (χ1v) is 6.12. The molecule has 18 heavy (non-hydrogen) atoms. The van der Waals surface area contributed by atoms with E-state index in [4.69, 9.17) is 11.6 Å². The number of hydrogen-bond acceptors (Lipinski definition) is 3. The lowest BCUT2D eigenvalue weighted by atomic mass is 10.1. The van der Waals surface area contributed by atoms with Crippen molar-refractivity contribution in [1.82, 2.24) is 4.98 Å². The highest BCUT2D eigenvalue weighted by Gasteiger charge is 2.10. The summed E-state index contributed by atoms with van der Waals surface area (Å²) < 4.78 is 0. The molecule has 1 aromatic carbocycles. The van der Waals surface area contributed by atoms with Gasteiger partial charge in [0.25, 0.3) is 0 Å². The molecule has 0 saturated heterocycles. The van der Waals surface area contributed by atoms with Gasteiger partial charge in [0, 0.05) is 12.2 Å². The van der Waals surface area contributed by atoms with Crippen molar-refractivity contribution >= 4 is 17.3 Å². The number of nitrogens with one attached hydrogen (secondary N) is 1. The molecule has 3 nitrogen and oxygen atoms in total. The maximum Gasteiger partial charge on any atom is 0.152 e. The molecule has 0 radical (unpaired) electrons. The predicted molar refractivity (Wildman–Crippen MR) is 74.1 cm³/mol. The number of anilines is 1. The maximum absolute atomic E-state index is 9.47. The molecule has 0 aliphatic heterocycles. The van der Waals surface area contributed by atoms with E-state index in [9.17, 15) is 5.11 Å². The lowest BCUT2D eigenvalue weighted by molar-refractivity contribution is 0.474. The standard InChI is InChI=1S/C14H15ClN2O/c1-9-6-7-16-14(15)13(9)17-10(2)11-4-3-5-12(18)8-11/h3-8,10,17-18H,1-2H3. The Labute approximate surface area is 111 Å². The van der Waals surface area contributed by atoms with Gasteiger partial charge in [-0.1, -0.05) is 23.7 Å². The van der Waals surface area contributed by atoms with Gasteiger partial charge >= 0.3 is 0 Å². The van der Waals surface area contributed by atoms with Crippen LogP contribution in [0.25, 0.3) is 0 Å². The first-order chi connectivity index (χ1) is 8.58. The number of aryl methyl sites for hydroxylation is 1. The van der Waals surface area contributed by atoms with Crippen LogP contribution >= 0.6 is 11.6 Å². The summed E-state index contributed by atoms with van der Waals surface area (Å²) in [6.45, 7) is 3.99. The van der Waals surface area contributed by atoms with Crippen LogP contribution < -0.4 is 5.32 Å². The third-order valence-electron chi connectivity index (χ3n) is 2.84. The molecule has 0 saturated carbocycles. The third kappa shape index (κ3) is 2.74. The highest BCUT2D eigenvalue weighted by atomic mass is 35.5. The Hall–Kier alpha value is -1.74. The maximum atomic E-state index is 9.47. The molecule has 0 fully saturated rings. The monoisotopic (exact) mass is 262 g/mol. The van der Waals surface area contributed by atoms with Crippen LogP contribution in [0, 0.1) is 6.92 Å². The fourth-order valence-electron chi connectivity index (χ4n) is 1.79. The molecule has 2 N–H and O–H groups in total. The number of rotatable bonds is 3. The van der Waals surface area contributed by atoms with Crippen LogP contribution in [0.5, 0.6) is 5.75 Å². The molecule has 1 atom stereocenters. The fraction of sp³-hybridized carbons (Fsp3) is 0.214. The van der Waals surface area contributed by atoms with Crippen molar-refractivity contribution < 1.29 is 5.11 Å². The van der Waals surface area contributed by atoms with Crippen LogP contribution in [0.4, 0.5) is 5.69 Å². The summed E-state index contributed by atoms with van der Waals surface area (Å²) in [4.78, 5) is 4.06. The minimum absolute atomic E-state index is 0.0394. The van der Waals surface area contributed by atoms with Crippen molar-refractivity contribution in [3.8, 4) is 5.75 Å². The summed E-state index contributed by atoms with van der Waals surface area (Å²) >= 11 is 6.07. The van der Waals surface area contributed by atoms with Crippen molar-refractivity contribution in [2.75, 3.05) is 5.32 Å².